The molecule has 0 aromatic heterocycles. The Morgan fingerprint density at radius 3 is 2.24 bits per heavy atom. The zero-order valence-corrected chi connectivity index (χ0v) is 13.1. The Morgan fingerprint density at radius 2 is 1.76 bits per heavy atom. The first kappa shape index (κ1) is 15.8. The highest BCUT2D eigenvalue weighted by atomic mass is 16.5. The van der Waals surface area contributed by atoms with Crippen molar-refractivity contribution < 1.29 is 14.6 Å². The second-order valence-electron chi connectivity index (χ2n) is 6.10. The maximum Gasteiger partial charge on any atom is 0.232 e. The van der Waals surface area contributed by atoms with Crippen molar-refractivity contribution in [1.82, 2.24) is 4.90 Å². The first-order valence-electron chi connectivity index (χ1n) is 7.55. The molecule has 2 rings (SSSR count). The molecule has 1 N–H and O–H groups in total. The summed E-state index contributed by atoms with van der Waals surface area (Å²) < 4.78 is 5.17. The lowest BCUT2D eigenvalue weighted by Crippen LogP contribution is -2.46. The van der Waals surface area contributed by atoms with Gasteiger partial charge in [-0.1, -0.05) is 31.4 Å². The lowest BCUT2D eigenvalue weighted by Gasteiger charge is -2.39. The lowest BCUT2D eigenvalue weighted by atomic mass is 9.72. The Kier molecular flexibility index (Phi) is 4.88. The summed E-state index contributed by atoms with van der Waals surface area (Å²) in [5, 5.41) is 11.1. The number of benzene rings is 1. The number of methoxy groups -OCH3 is 1. The highest BCUT2D eigenvalue weighted by Gasteiger charge is 2.43. The van der Waals surface area contributed by atoms with Crippen molar-refractivity contribution in [3.05, 3.63) is 29.8 Å². The second kappa shape index (κ2) is 6.48. The number of nitrogens with zero attached hydrogens (tertiary/aromatic N) is 1. The molecule has 116 valence electrons. The van der Waals surface area contributed by atoms with Crippen LogP contribution in [0.1, 0.15) is 43.6 Å². The van der Waals surface area contributed by atoms with Gasteiger partial charge in [-0.05, 0) is 30.5 Å². The summed E-state index contributed by atoms with van der Waals surface area (Å²) in [4.78, 5) is 14.2. The number of carbonyl (C=O) groups excluding carboxylic acids is 1. The summed E-state index contributed by atoms with van der Waals surface area (Å²) in [6, 6.07) is 7.46. The van der Waals surface area contributed by atoms with Gasteiger partial charge < -0.3 is 14.7 Å². The van der Waals surface area contributed by atoms with E-state index >= 15 is 0 Å². The molecule has 1 saturated carbocycles. The maximum absolute atomic E-state index is 12.6. The number of likely N-dealkylation sites (N-methyl/N-ethyl adjacent to an activating group) is 1. The predicted octanol–water partition coefficient (Wildman–Crippen LogP) is 2.56. The van der Waals surface area contributed by atoms with Crippen LogP contribution in [-0.2, 0) is 4.79 Å². The molecular formula is C17H25NO3. The van der Waals surface area contributed by atoms with Crippen LogP contribution in [0, 0.1) is 0 Å². The monoisotopic (exact) mass is 291 g/mol. The summed E-state index contributed by atoms with van der Waals surface area (Å²) in [5.74, 6) is 0.216. The van der Waals surface area contributed by atoms with Crippen molar-refractivity contribution in [2.45, 2.75) is 43.6 Å². The fourth-order valence-corrected chi connectivity index (χ4v) is 3.19. The van der Waals surface area contributed by atoms with Crippen LogP contribution in [0.25, 0.3) is 0 Å². The minimum atomic E-state index is -0.936. The molecule has 4 nitrogen and oxygen atoms in total. The Bertz CT molecular complexity index is 475. The summed E-state index contributed by atoms with van der Waals surface area (Å²) in [5.41, 5.74) is -0.0762. The third-order valence-electron chi connectivity index (χ3n) is 4.39. The van der Waals surface area contributed by atoms with Crippen LogP contribution in [0.5, 0.6) is 5.75 Å². The molecule has 1 fully saturated rings. The van der Waals surface area contributed by atoms with Crippen molar-refractivity contribution in [2.75, 3.05) is 21.2 Å². The minimum absolute atomic E-state index is 0.0374. The summed E-state index contributed by atoms with van der Waals surface area (Å²) in [6.45, 7) is 0. The molecule has 1 aliphatic rings. The van der Waals surface area contributed by atoms with E-state index in [1.165, 1.54) is 0 Å². The number of aliphatic hydroxyl groups is 1. The number of hydrogen-bond acceptors (Lipinski definition) is 3. The second-order valence-corrected chi connectivity index (χ2v) is 6.10. The highest BCUT2D eigenvalue weighted by Crippen LogP contribution is 2.41. The molecule has 0 radical (unpaired) electrons. The molecule has 1 aliphatic carbocycles. The van der Waals surface area contributed by atoms with Gasteiger partial charge in [0.2, 0.25) is 5.91 Å². The molecule has 0 saturated heterocycles. The van der Waals surface area contributed by atoms with Gasteiger partial charge >= 0.3 is 0 Å². The van der Waals surface area contributed by atoms with Crippen LogP contribution in [0.4, 0.5) is 0 Å². The topological polar surface area (TPSA) is 49.8 Å². The first-order valence-corrected chi connectivity index (χ1v) is 7.55. The summed E-state index contributed by atoms with van der Waals surface area (Å²) >= 11 is 0. The molecule has 1 atom stereocenters. The molecule has 21 heavy (non-hydrogen) atoms. The van der Waals surface area contributed by atoms with E-state index < -0.39 is 11.5 Å². The first-order chi connectivity index (χ1) is 9.98. The Hall–Kier alpha value is -1.55. The van der Waals surface area contributed by atoms with E-state index in [4.69, 9.17) is 4.74 Å². The zero-order chi connectivity index (χ0) is 15.5. The van der Waals surface area contributed by atoms with E-state index in [2.05, 4.69) is 0 Å². The van der Waals surface area contributed by atoms with Crippen LogP contribution < -0.4 is 4.74 Å². The maximum atomic E-state index is 12.6. The van der Waals surface area contributed by atoms with Crippen LogP contribution in [-0.4, -0.2) is 42.7 Å². The fraction of sp³-hybridized carbons (Fsp3) is 0.588. The predicted molar refractivity (Wildman–Crippen MR) is 82.5 cm³/mol. The molecule has 1 amide bonds. The Balaban J connectivity index is 2.37. The van der Waals surface area contributed by atoms with Gasteiger partial charge in [-0.2, -0.15) is 0 Å². The number of rotatable bonds is 4. The van der Waals surface area contributed by atoms with E-state index in [0.29, 0.717) is 12.8 Å². The molecular weight excluding hydrogens is 266 g/mol. The van der Waals surface area contributed by atoms with E-state index in [9.17, 15) is 9.90 Å². The van der Waals surface area contributed by atoms with Gasteiger partial charge in [0.1, 0.15) is 5.75 Å². The summed E-state index contributed by atoms with van der Waals surface area (Å²) in [6.07, 6.45) is 4.45. The average molecular weight is 291 g/mol. The number of hydrogen-bond donors (Lipinski definition) is 1. The van der Waals surface area contributed by atoms with Crippen molar-refractivity contribution in [1.29, 1.82) is 0 Å². The van der Waals surface area contributed by atoms with Crippen molar-refractivity contribution in [3.63, 3.8) is 0 Å². The molecule has 0 heterocycles. The lowest BCUT2D eigenvalue weighted by molar-refractivity contribution is -0.139. The van der Waals surface area contributed by atoms with Gasteiger partial charge in [0.05, 0.1) is 18.6 Å². The highest BCUT2D eigenvalue weighted by molar-refractivity contribution is 5.84. The average Bonchev–Trinajstić information content (AvgIpc) is 2.48. The number of ether oxygens (including phenoxy) is 1. The van der Waals surface area contributed by atoms with Gasteiger partial charge in [-0.3, -0.25) is 4.79 Å². The molecule has 0 bridgehead atoms. The van der Waals surface area contributed by atoms with Crippen molar-refractivity contribution in [2.24, 2.45) is 0 Å². The molecule has 1 aromatic rings. The molecule has 0 aliphatic heterocycles. The van der Waals surface area contributed by atoms with Crippen molar-refractivity contribution >= 4 is 5.91 Å². The van der Waals surface area contributed by atoms with Crippen LogP contribution in [0.3, 0.4) is 0 Å². The summed E-state index contributed by atoms with van der Waals surface area (Å²) in [7, 11) is 5.10. The SMILES string of the molecule is COc1ccc(C(C(=O)N(C)C)C2(O)CCCCC2)cc1. The third kappa shape index (κ3) is 3.38. The third-order valence-corrected chi connectivity index (χ3v) is 4.39. The minimum Gasteiger partial charge on any atom is -0.497 e. The standard InChI is InChI=1S/C17H25NO3/c1-18(2)16(19)15(17(20)11-5-4-6-12-17)13-7-9-14(21-3)10-8-13/h7-10,15,20H,4-6,11-12H2,1-3H3. The quantitative estimate of drug-likeness (QED) is 0.927. The van der Waals surface area contributed by atoms with E-state index in [1.54, 1.807) is 26.1 Å². The van der Waals surface area contributed by atoms with Gasteiger partial charge in [-0.25, -0.2) is 0 Å². The zero-order valence-electron chi connectivity index (χ0n) is 13.1. The molecule has 1 unspecified atom stereocenters. The fourth-order valence-electron chi connectivity index (χ4n) is 3.19. The van der Waals surface area contributed by atoms with Crippen LogP contribution in [0.2, 0.25) is 0 Å². The van der Waals surface area contributed by atoms with E-state index in [-0.39, 0.29) is 5.91 Å². The number of carbonyl (C=O) groups is 1. The van der Waals surface area contributed by atoms with E-state index in [0.717, 1.165) is 30.6 Å². The Labute approximate surface area is 126 Å². The molecule has 4 heteroatoms. The number of amides is 1. The van der Waals surface area contributed by atoms with Gasteiger partial charge in [-0.15, -0.1) is 0 Å². The molecule has 0 spiro atoms. The molecule has 1 aromatic carbocycles. The van der Waals surface area contributed by atoms with Gasteiger partial charge in [0.15, 0.2) is 0 Å². The largest absolute Gasteiger partial charge is 0.497 e. The van der Waals surface area contributed by atoms with Crippen LogP contribution >= 0.6 is 0 Å². The van der Waals surface area contributed by atoms with Crippen LogP contribution in [0.15, 0.2) is 24.3 Å². The van der Waals surface area contributed by atoms with Gasteiger partial charge in [0, 0.05) is 14.1 Å². The normalized spacial score (nSPS) is 18.9. The van der Waals surface area contributed by atoms with Crippen molar-refractivity contribution in [3.8, 4) is 5.75 Å². The van der Waals surface area contributed by atoms with Gasteiger partial charge in [0.25, 0.3) is 0 Å². The van der Waals surface area contributed by atoms with E-state index in [1.807, 2.05) is 24.3 Å². The Morgan fingerprint density at radius 1 is 1.19 bits per heavy atom. The smallest absolute Gasteiger partial charge is 0.232 e.